The molecule has 1 fully saturated rings. The third-order valence-corrected chi connectivity index (χ3v) is 4.52. The topological polar surface area (TPSA) is 44.7 Å². The van der Waals surface area contributed by atoms with Gasteiger partial charge in [0.05, 0.1) is 21.0 Å². The number of rotatable bonds is 1. The van der Waals surface area contributed by atoms with E-state index < -0.39 is 0 Å². The van der Waals surface area contributed by atoms with Gasteiger partial charge in [0.2, 0.25) is 5.91 Å². The summed E-state index contributed by atoms with van der Waals surface area (Å²) < 4.78 is 0. The van der Waals surface area contributed by atoms with E-state index in [1.165, 1.54) is 16.7 Å². The highest BCUT2D eigenvalue weighted by molar-refractivity contribution is 8.15. The molecule has 2 aliphatic heterocycles. The molecule has 3 rings (SSSR count). The smallest absolute Gasteiger partial charge is 0.246 e. The van der Waals surface area contributed by atoms with E-state index >= 15 is 0 Å². The first-order valence-electron chi connectivity index (χ1n) is 5.57. The molecule has 1 saturated heterocycles. The van der Waals surface area contributed by atoms with Crippen LogP contribution in [0.25, 0.3) is 5.70 Å². The number of hydrazone groups is 1. The molecular formula is C12H9Cl2N3OS. The van der Waals surface area contributed by atoms with E-state index in [1.54, 1.807) is 24.4 Å². The van der Waals surface area contributed by atoms with E-state index in [4.69, 9.17) is 23.2 Å². The molecule has 0 saturated carbocycles. The van der Waals surface area contributed by atoms with Gasteiger partial charge in [-0.15, -0.1) is 5.10 Å². The lowest BCUT2D eigenvalue weighted by Crippen LogP contribution is -2.31. The van der Waals surface area contributed by atoms with Crippen molar-refractivity contribution in [3.05, 3.63) is 40.0 Å². The lowest BCUT2D eigenvalue weighted by Gasteiger charge is -2.20. The molecule has 1 aromatic carbocycles. The predicted molar refractivity (Wildman–Crippen MR) is 78.9 cm³/mol. The summed E-state index contributed by atoms with van der Waals surface area (Å²) in [6.07, 6.45) is 1.69. The fourth-order valence-corrected chi connectivity index (χ4v) is 3.38. The molecular weight excluding hydrogens is 305 g/mol. The number of thioether (sulfide) groups is 1. The molecule has 0 radical (unpaired) electrons. The summed E-state index contributed by atoms with van der Waals surface area (Å²) >= 11 is 13.7. The number of hydrogen-bond donors (Lipinski definition) is 1. The summed E-state index contributed by atoms with van der Waals surface area (Å²) in [4.78, 5) is 13.5. The van der Waals surface area contributed by atoms with Gasteiger partial charge in [-0.05, 0) is 19.1 Å². The van der Waals surface area contributed by atoms with Crippen molar-refractivity contribution in [2.75, 3.05) is 0 Å². The van der Waals surface area contributed by atoms with Crippen molar-refractivity contribution in [3.63, 3.8) is 0 Å². The van der Waals surface area contributed by atoms with Crippen molar-refractivity contribution in [3.8, 4) is 0 Å². The van der Waals surface area contributed by atoms with E-state index in [0.29, 0.717) is 26.5 Å². The molecule has 0 aliphatic carbocycles. The lowest BCUT2D eigenvalue weighted by molar-refractivity contribution is -0.124. The van der Waals surface area contributed by atoms with Crippen LogP contribution >= 0.6 is 35.0 Å². The molecule has 1 unspecified atom stereocenters. The molecule has 2 heterocycles. The number of amides is 1. The summed E-state index contributed by atoms with van der Waals surface area (Å²) in [5, 5.41) is 5.72. The van der Waals surface area contributed by atoms with E-state index in [2.05, 4.69) is 10.5 Å². The second-order valence-electron chi connectivity index (χ2n) is 4.11. The minimum absolute atomic E-state index is 0.00549. The second-order valence-corrected chi connectivity index (χ2v) is 6.24. The Morgan fingerprint density at radius 1 is 1.37 bits per heavy atom. The maximum atomic E-state index is 12.0. The zero-order valence-electron chi connectivity index (χ0n) is 9.85. The van der Waals surface area contributed by atoms with E-state index in [1.807, 2.05) is 6.92 Å². The third-order valence-electron chi connectivity index (χ3n) is 2.84. The van der Waals surface area contributed by atoms with E-state index in [0.717, 1.165) is 0 Å². The van der Waals surface area contributed by atoms with Gasteiger partial charge in [0.15, 0.2) is 5.17 Å². The van der Waals surface area contributed by atoms with Crippen LogP contribution in [0.1, 0.15) is 12.5 Å². The van der Waals surface area contributed by atoms with E-state index in [-0.39, 0.29) is 11.2 Å². The van der Waals surface area contributed by atoms with Crippen molar-refractivity contribution < 1.29 is 4.79 Å². The maximum absolute atomic E-state index is 12.0. The van der Waals surface area contributed by atoms with Crippen LogP contribution in [-0.2, 0) is 4.79 Å². The van der Waals surface area contributed by atoms with Gasteiger partial charge in [-0.3, -0.25) is 15.1 Å². The Kier molecular flexibility index (Phi) is 3.20. The quantitative estimate of drug-likeness (QED) is 0.866. The van der Waals surface area contributed by atoms with Gasteiger partial charge in [0.1, 0.15) is 0 Å². The monoisotopic (exact) mass is 313 g/mol. The minimum atomic E-state index is -0.127. The van der Waals surface area contributed by atoms with Crippen molar-refractivity contribution in [1.82, 2.24) is 10.3 Å². The molecule has 4 nitrogen and oxygen atoms in total. The highest BCUT2D eigenvalue weighted by atomic mass is 35.5. The van der Waals surface area contributed by atoms with Crippen molar-refractivity contribution in [2.45, 2.75) is 12.2 Å². The van der Waals surface area contributed by atoms with Crippen LogP contribution in [0.15, 0.2) is 29.5 Å². The number of amidine groups is 1. The highest BCUT2D eigenvalue weighted by Gasteiger charge is 2.36. The predicted octanol–water partition coefficient (Wildman–Crippen LogP) is 3.13. The number of carbonyl (C=O) groups is 1. The van der Waals surface area contributed by atoms with Gasteiger partial charge >= 0.3 is 0 Å². The van der Waals surface area contributed by atoms with Crippen LogP contribution < -0.4 is 5.43 Å². The number of fused-ring (bicyclic) bond motifs is 1. The first-order valence-corrected chi connectivity index (χ1v) is 7.21. The van der Waals surface area contributed by atoms with Crippen molar-refractivity contribution >= 4 is 51.7 Å². The number of halogens is 2. The minimum Gasteiger partial charge on any atom is -0.274 e. The Morgan fingerprint density at radius 3 is 2.74 bits per heavy atom. The largest absolute Gasteiger partial charge is 0.274 e. The summed E-state index contributed by atoms with van der Waals surface area (Å²) in [5.41, 5.74) is 4.15. The van der Waals surface area contributed by atoms with Crippen LogP contribution in [0.3, 0.4) is 0 Å². The molecule has 1 amide bonds. The summed E-state index contributed by atoms with van der Waals surface area (Å²) in [7, 11) is 0. The molecule has 2 aliphatic rings. The van der Waals surface area contributed by atoms with Gasteiger partial charge in [0, 0.05) is 11.8 Å². The zero-order valence-corrected chi connectivity index (χ0v) is 12.2. The Morgan fingerprint density at radius 2 is 2.05 bits per heavy atom. The molecule has 1 aromatic rings. The van der Waals surface area contributed by atoms with Crippen LogP contribution in [0.5, 0.6) is 0 Å². The summed E-state index contributed by atoms with van der Waals surface area (Å²) in [6.45, 7) is 1.85. The summed E-state index contributed by atoms with van der Waals surface area (Å²) in [6, 6.07) is 5.26. The second kappa shape index (κ2) is 4.74. The summed E-state index contributed by atoms with van der Waals surface area (Å²) in [5.74, 6) is 0.00549. The lowest BCUT2D eigenvalue weighted by atomic mass is 10.1. The standard InChI is InChI=1S/C12H9Cl2N3OS/c1-6-11(18)17-5-9(15-16-12(17)19-6)10-7(13)3-2-4-8(10)14/h2-6,15H,1H3. The van der Waals surface area contributed by atoms with E-state index in [9.17, 15) is 4.79 Å². The number of carbonyl (C=O) groups excluding carboxylic acids is 1. The average Bonchev–Trinajstić information content (AvgIpc) is 2.65. The fraction of sp³-hybridized carbons (Fsp3) is 0.167. The molecule has 98 valence electrons. The molecule has 7 heteroatoms. The number of benzene rings is 1. The fourth-order valence-electron chi connectivity index (χ4n) is 1.90. The first-order chi connectivity index (χ1) is 9.08. The highest BCUT2D eigenvalue weighted by Crippen LogP contribution is 2.34. The van der Waals surface area contributed by atoms with Crippen LogP contribution in [0.4, 0.5) is 0 Å². The van der Waals surface area contributed by atoms with Crippen molar-refractivity contribution in [2.24, 2.45) is 5.10 Å². The maximum Gasteiger partial charge on any atom is 0.246 e. The SMILES string of the molecule is CC1SC2=NNC(c3c(Cl)cccc3Cl)=CN2C1=O. The Hall–Kier alpha value is -1.17. The third kappa shape index (κ3) is 2.12. The number of hydrogen-bond acceptors (Lipinski definition) is 4. The molecule has 19 heavy (non-hydrogen) atoms. The van der Waals surface area contributed by atoms with Gasteiger partial charge in [0.25, 0.3) is 0 Å². The van der Waals surface area contributed by atoms with Gasteiger partial charge < -0.3 is 0 Å². The normalized spacial score (nSPS) is 21.7. The van der Waals surface area contributed by atoms with Crippen LogP contribution in [0, 0.1) is 0 Å². The molecule has 0 spiro atoms. The Labute approximate surface area is 124 Å². The molecule has 0 aromatic heterocycles. The van der Waals surface area contributed by atoms with Crippen LogP contribution in [0.2, 0.25) is 10.0 Å². The van der Waals surface area contributed by atoms with Crippen LogP contribution in [-0.4, -0.2) is 21.2 Å². The number of nitrogens with zero attached hydrogens (tertiary/aromatic N) is 2. The van der Waals surface area contributed by atoms with Crippen molar-refractivity contribution in [1.29, 1.82) is 0 Å². The van der Waals surface area contributed by atoms with Gasteiger partial charge in [-0.25, -0.2) is 0 Å². The molecule has 1 atom stereocenters. The number of nitrogens with one attached hydrogen (secondary N) is 1. The molecule has 0 bridgehead atoms. The average molecular weight is 314 g/mol. The van der Waals surface area contributed by atoms with Gasteiger partial charge in [-0.1, -0.05) is 41.0 Å². The Bertz CT molecular complexity index is 609. The van der Waals surface area contributed by atoms with Gasteiger partial charge in [-0.2, -0.15) is 0 Å². The zero-order chi connectivity index (χ0) is 13.6. The molecule has 1 N–H and O–H groups in total. The first kappa shape index (κ1) is 12.8. The Balaban J connectivity index is 2.03.